The molecular formula is C21H25N5O. The molecule has 2 N–H and O–H groups in total. The minimum atomic E-state index is -0.0544. The average molecular weight is 363 g/mol. The number of nitrogens with zero attached hydrogens (tertiary/aromatic N) is 3. The van der Waals surface area contributed by atoms with E-state index in [1.807, 2.05) is 50.4 Å². The number of hydrogen-bond donors (Lipinski definition) is 2. The van der Waals surface area contributed by atoms with Gasteiger partial charge in [0.15, 0.2) is 5.65 Å². The van der Waals surface area contributed by atoms with Crippen LogP contribution in [0, 0.1) is 12.8 Å². The number of aryl methyl sites for hydroxylation is 2. The van der Waals surface area contributed by atoms with Crippen LogP contribution in [0.5, 0.6) is 0 Å². The molecule has 1 fully saturated rings. The maximum Gasteiger partial charge on any atom is 0.252 e. The molecule has 27 heavy (non-hydrogen) atoms. The van der Waals surface area contributed by atoms with Crippen molar-refractivity contribution in [2.75, 3.05) is 19.6 Å². The van der Waals surface area contributed by atoms with Crippen LogP contribution in [0.1, 0.15) is 28.9 Å². The first-order valence-corrected chi connectivity index (χ1v) is 9.52. The molecule has 0 spiro atoms. The third-order valence-corrected chi connectivity index (χ3v) is 5.23. The molecule has 1 aromatic carbocycles. The Balaban J connectivity index is 1.70. The summed E-state index contributed by atoms with van der Waals surface area (Å²) in [5.41, 5.74) is 3.98. The summed E-state index contributed by atoms with van der Waals surface area (Å²) in [6.45, 7) is 4.65. The predicted molar refractivity (Wildman–Crippen MR) is 107 cm³/mol. The summed E-state index contributed by atoms with van der Waals surface area (Å²) in [5.74, 6) is 0.435. The fourth-order valence-electron chi connectivity index (χ4n) is 3.81. The zero-order chi connectivity index (χ0) is 18.8. The number of fused-ring (bicyclic) bond motifs is 1. The molecule has 1 amide bonds. The average Bonchev–Trinajstić information content (AvgIpc) is 3.00. The van der Waals surface area contributed by atoms with Gasteiger partial charge in [0.1, 0.15) is 0 Å². The van der Waals surface area contributed by atoms with Gasteiger partial charge in [-0.2, -0.15) is 5.10 Å². The first-order chi connectivity index (χ1) is 13.1. The fourth-order valence-corrected chi connectivity index (χ4v) is 3.81. The molecular weight excluding hydrogens is 338 g/mol. The maximum atomic E-state index is 13.0. The molecule has 1 aliphatic rings. The molecule has 0 saturated carbocycles. The molecule has 2 aromatic heterocycles. The normalized spacial score (nSPS) is 17.2. The monoisotopic (exact) mass is 363 g/mol. The molecule has 3 heterocycles. The lowest BCUT2D eigenvalue weighted by molar-refractivity contribution is 0.0946. The number of amides is 1. The standard InChI is InChI=1S/C21H25N5O/c1-14-19-17(21(27)23-13-15-7-6-10-22-12-15)11-18(16-8-4-3-5-9-16)24-20(19)26(2)25-14/h3-5,8-9,11,15,22H,6-7,10,12-13H2,1-2H3,(H,23,27). The second kappa shape index (κ2) is 7.48. The Hall–Kier alpha value is -2.73. The molecule has 1 saturated heterocycles. The highest BCUT2D eigenvalue weighted by Crippen LogP contribution is 2.26. The topological polar surface area (TPSA) is 71.8 Å². The lowest BCUT2D eigenvalue weighted by Crippen LogP contribution is -2.38. The van der Waals surface area contributed by atoms with E-state index in [4.69, 9.17) is 4.98 Å². The van der Waals surface area contributed by atoms with E-state index in [1.54, 1.807) is 4.68 Å². The number of benzene rings is 1. The number of hydrogen-bond acceptors (Lipinski definition) is 4. The summed E-state index contributed by atoms with van der Waals surface area (Å²) >= 11 is 0. The molecule has 3 aromatic rings. The van der Waals surface area contributed by atoms with E-state index in [0.29, 0.717) is 18.0 Å². The van der Waals surface area contributed by atoms with Crippen LogP contribution in [0.2, 0.25) is 0 Å². The van der Waals surface area contributed by atoms with Crippen molar-refractivity contribution in [3.8, 4) is 11.3 Å². The van der Waals surface area contributed by atoms with Gasteiger partial charge in [-0.15, -0.1) is 0 Å². The van der Waals surface area contributed by atoms with Gasteiger partial charge in [-0.3, -0.25) is 9.48 Å². The van der Waals surface area contributed by atoms with Crippen LogP contribution < -0.4 is 10.6 Å². The summed E-state index contributed by atoms with van der Waals surface area (Å²) in [7, 11) is 1.87. The fraction of sp³-hybridized carbons (Fsp3) is 0.381. The first-order valence-electron chi connectivity index (χ1n) is 9.52. The minimum absolute atomic E-state index is 0.0544. The zero-order valence-electron chi connectivity index (χ0n) is 15.8. The molecule has 0 radical (unpaired) electrons. The molecule has 140 valence electrons. The Morgan fingerprint density at radius 2 is 2.15 bits per heavy atom. The van der Waals surface area contributed by atoms with Gasteiger partial charge in [0, 0.05) is 19.2 Å². The summed E-state index contributed by atoms with van der Waals surface area (Å²) in [4.78, 5) is 17.8. The van der Waals surface area contributed by atoms with Gasteiger partial charge in [-0.1, -0.05) is 30.3 Å². The van der Waals surface area contributed by atoms with Crippen molar-refractivity contribution < 1.29 is 4.79 Å². The largest absolute Gasteiger partial charge is 0.352 e. The molecule has 1 atom stereocenters. The number of pyridine rings is 1. The van der Waals surface area contributed by atoms with E-state index in [9.17, 15) is 4.79 Å². The minimum Gasteiger partial charge on any atom is -0.352 e. The van der Waals surface area contributed by atoms with Crippen molar-refractivity contribution in [1.29, 1.82) is 0 Å². The summed E-state index contributed by atoms with van der Waals surface area (Å²) in [6.07, 6.45) is 2.32. The number of piperidine rings is 1. The van der Waals surface area contributed by atoms with E-state index >= 15 is 0 Å². The summed E-state index contributed by atoms with van der Waals surface area (Å²) in [5, 5.41) is 11.8. The molecule has 4 rings (SSSR count). The van der Waals surface area contributed by atoms with Crippen LogP contribution in [-0.4, -0.2) is 40.3 Å². The number of aromatic nitrogens is 3. The second-order valence-corrected chi connectivity index (χ2v) is 7.25. The van der Waals surface area contributed by atoms with Crippen molar-refractivity contribution in [3.05, 3.63) is 47.7 Å². The van der Waals surface area contributed by atoms with Gasteiger partial charge in [-0.25, -0.2) is 4.98 Å². The van der Waals surface area contributed by atoms with Crippen LogP contribution in [0.4, 0.5) is 0 Å². The summed E-state index contributed by atoms with van der Waals surface area (Å²) in [6, 6.07) is 11.8. The predicted octanol–water partition coefficient (Wildman–Crippen LogP) is 2.67. The van der Waals surface area contributed by atoms with Crippen molar-refractivity contribution >= 4 is 16.9 Å². The van der Waals surface area contributed by atoms with Gasteiger partial charge in [-0.05, 0) is 44.8 Å². The quantitative estimate of drug-likeness (QED) is 0.748. The third-order valence-electron chi connectivity index (χ3n) is 5.23. The molecule has 1 aliphatic heterocycles. The molecule has 1 unspecified atom stereocenters. The van der Waals surface area contributed by atoms with Crippen LogP contribution in [0.15, 0.2) is 36.4 Å². The Kier molecular flexibility index (Phi) is 4.90. The summed E-state index contributed by atoms with van der Waals surface area (Å²) < 4.78 is 1.75. The van der Waals surface area contributed by atoms with Gasteiger partial charge in [0.25, 0.3) is 5.91 Å². The van der Waals surface area contributed by atoms with E-state index in [2.05, 4.69) is 15.7 Å². The van der Waals surface area contributed by atoms with Crippen molar-refractivity contribution in [2.24, 2.45) is 13.0 Å². The van der Waals surface area contributed by atoms with E-state index in [-0.39, 0.29) is 5.91 Å². The molecule has 0 bridgehead atoms. The third kappa shape index (κ3) is 3.57. The van der Waals surface area contributed by atoms with E-state index in [1.165, 1.54) is 6.42 Å². The molecule has 6 heteroatoms. The van der Waals surface area contributed by atoms with Crippen molar-refractivity contribution in [2.45, 2.75) is 19.8 Å². The molecule has 6 nitrogen and oxygen atoms in total. The smallest absolute Gasteiger partial charge is 0.252 e. The van der Waals surface area contributed by atoms with Gasteiger partial charge in [0.2, 0.25) is 0 Å². The highest BCUT2D eigenvalue weighted by atomic mass is 16.1. The van der Waals surface area contributed by atoms with Crippen LogP contribution in [0.3, 0.4) is 0 Å². The lowest BCUT2D eigenvalue weighted by Gasteiger charge is -2.23. The van der Waals surface area contributed by atoms with E-state index in [0.717, 1.165) is 47.5 Å². The van der Waals surface area contributed by atoms with Gasteiger partial charge < -0.3 is 10.6 Å². The number of rotatable bonds is 4. The Labute approximate surface area is 159 Å². The first kappa shape index (κ1) is 17.7. The Bertz CT molecular complexity index is 958. The zero-order valence-corrected chi connectivity index (χ0v) is 15.8. The van der Waals surface area contributed by atoms with Crippen LogP contribution in [-0.2, 0) is 7.05 Å². The highest BCUT2D eigenvalue weighted by molar-refractivity contribution is 6.07. The maximum absolute atomic E-state index is 13.0. The van der Waals surface area contributed by atoms with Crippen LogP contribution >= 0.6 is 0 Å². The Morgan fingerprint density at radius 1 is 1.33 bits per heavy atom. The molecule has 0 aliphatic carbocycles. The van der Waals surface area contributed by atoms with Crippen LogP contribution in [0.25, 0.3) is 22.3 Å². The highest BCUT2D eigenvalue weighted by Gasteiger charge is 2.20. The van der Waals surface area contributed by atoms with Gasteiger partial charge >= 0.3 is 0 Å². The van der Waals surface area contributed by atoms with E-state index < -0.39 is 0 Å². The number of nitrogens with one attached hydrogen (secondary N) is 2. The lowest BCUT2D eigenvalue weighted by atomic mass is 9.99. The van der Waals surface area contributed by atoms with Crippen molar-refractivity contribution in [1.82, 2.24) is 25.4 Å². The van der Waals surface area contributed by atoms with Gasteiger partial charge in [0.05, 0.1) is 22.3 Å². The SMILES string of the molecule is Cc1nn(C)c2nc(-c3ccccc3)cc(C(=O)NCC3CCCNC3)c12. The second-order valence-electron chi connectivity index (χ2n) is 7.25. The number of carbonyl (C=O) groups excluding carboxylic acids is 1. The Morgan fingerprint density at radius 3 is 2.89 bits per heavy atom. The number of carbonyl (C=O) groups is 1. The van der Waals surface area contributed by atoms with Crippen molar-refractivity contribution in [3.63, 3.8) is 0 Å².